The third kappa shape index (κ3) is 8.11. The van der Waals surface area contributed by atoms with Crippen LogP contribution in [0.3, 0.4) is 0 Å². The summed E-state index contributed by atoms with van der Waals surface area (Å²) in [5.41, 5.74) is 2.29. The Kier molecular flexibility index (Phi) is 10.5. The van der Waals surface area contributed by atoms with Gasteiger partial charge in [0.25, 0.3) is 11.8 Å². The number of hydroxylamine groups is 6. The lowest BCUT2D eigenvalue weighted by atomic mass is 9.98. The van der Waals surface area contributed by atoms with Crippen molar-refractivity contribution in [2.45, 2.75) is 69.9 Å². The molecule has 39 heavy (non-hydrogen) atoms. The van der Waals surface area contributed by atoms with E-state index >= 15 is 0 Å². The van der Waals surface area contributed by atoms with Crippen molar-refractivity contribution in [3.05, 3.63) is 82.2 Å². The van der Waals surface area contributed by atoms with E-state index in [9.17, 15) is 20.0 Å². The van der Waals surface area contributed by atoms with Gasteiger partial charge in [0, 0.05) is 32.4 Å². The molecule has 2 aliphatic heterocycles. The number of benzene rings is 2. The van der Waals surface area contributed by atoms with Crippen LogP contribution in [0.15, 0.2) is 60.7 Å². The van der Waals surface area contributed by atoms with Gasteiger partial charge >= 0.3 is 0 Å². The first kappa shape index (κ1) is 29.2. The van der Waals surface area contributed by atoms with E-state index in [1.807, 2.05) is 60.7 Å². The fraction of sp³-hybridized carbons (Fsp3) is 0.548. The molecule has 1 unspecified atom stereocenters. The number of carbonyl (C=O) groups is 2. The summed E-state index contributed by atoms with van der Waals surface area (Å²) in [6, 6.07) is 18.7. The molecule has 2 fully saturated rings. The Hall–Kier alpha value is -2.78. The minimum Gasteiger partial charge on any atom is -0.632 e. The highest BCUT2D eigenvalue weighted by molar-refractivity contribution is 5.81. The Morgan fingerprint density at radius 2 is 1.08 bits per heavy atom. The number of rotatable bonds is 12. The number of likely N-dealkylation sites (tertiary alicyclic amines) is 2. The zero-order valence-electron chi connectivity index (χ0n) is 23.1. The van der Waals surface area contributed by atoms with Gasteiger partial charge < -0.3 is 30.3 Å². The Morgan fingerprint density at radius 1 is 0.667 bits per heavy atom. The molecule has 4 atom stereocenters. The van der Waals surface area contributed by atoms with Crippen molar-refractivity contribution in [1.82, 2.24) is 10.6 Å². The van der Waals surface area contributed by atoms with E-state index in [4.69, 9.17) is 0 Å². The fourth-order valence-corrected chi connectivity index (χ4v) is 6.23. The number of quaternary nitrogens is 2. The summed E-state index contributed by atoms with van der Waals surface area (Å²) in [5, 5.41) is 33.7. The monoisotopic (exact) mass is 536 g/mol. The van der Waals surface area contributed by atoms with E-state index in [-0.39, 0.29) is 24.9 Å². The first-order valence-corrected chi connectivity index (χ1v) is 14.7. The third-order valence-corrected chi connectivity index (χ3v) is 8.45. The highest BCUT2D eigenvalue weighted by atomic mass is 16.6. The number of hydrogen-bond acceptors (Lipinski definition) is 4. The van der Waals surface area contributed by atoms with Gasteiger partial charge in [0.2, 0.25) is 0 Å². The van der Waals surface area contributed by atoms with E-state index in [2.05, 4.69) is 10.6 Å². The van der Waals surface area contributed by atoms with Gasteiger partial charge in [-0.25, -0.2) is 0 Å². The molecule has 0 saturated carbocycles. The topological polar surface area (TPSA) is 104 Å². The smallest absolute Gasteiger partial charge is 0.278 e. The number of carbonyl (C=O) groups excluding carboxylic acids is 2. The lowest BCUT2D eigenvalue weighted by Crippen LogP contribution is -2.62. The zero-order chi connectivity index (χ0) is 27.6. The number of piperidine rings is 2. The molecule has 2 aromatic rings. The lowest BCUT2D eigenvalue weighted by molar-refractivity contribution is -0.919. The average molecular weight is 537 g/mol. The quantitative estimate of drug-likeness (QED) is 0.318. The summed E-state index contributed by atoms with van der Waals surface area (Å²) in [6.07, 6.45) is 6.33. The summed E-state index contributed by atoms with van der Waals surface area (Å²) in [5.74, 6) is -0.361. The van der Waals surface area contributed by atoms with E-state index in [1.165, 1.54) is 0 Å². The summed E-state index contributed by atoms with van der Waals surface area (Å²) in [7, 11) is 0. The molecule has 0 aliphatic carbocycles. The molecule has 2 aromatic carbocycles. The van der Waals surface area contributed by atoms with Crippen LogP contribution >= 0.6 is 0 Å². The van der Waals surface area contributed by atoms with Gasteiger partial charge in [0.1, 0.15) is 0 Å². The van der Waals surface area contributed by atoms with Crippen LogP contribution in [-0.4, -0.2) is 72.5 Å². The number of nitrogens with zero attached hydrogens (tertiary/aromatic N) is 2. The normalized spacial score (nSPS) is 27.0. The second kappa shape index (κ2) is 14.0. The Balaban J connectivity index is 1.28. The van der Waals surface area contributed by atoms with Crippen LogP contribution < -0.4 is 10.6 Å². The molecule has 2 heterocycles. The Morgan fingerprint density at radius 3 is 1.49 bits per heavy atom. The molecule has 2 aliphatic rings. The molecule has 0 spiro atoms. The van der Waals surface area contributed by atoms with Crippen LogP contribution in [0, 0.1) is 10.4 Å². The third-order valence-electron chi connectivity index (χ3n) is 8.45. The molecule has 8 heteroatoms. The van der Waals surface area contributed by atoms with Crippen LogP contribution in [0.5, 0.6) is 0 Å². The van der Waals surface area contributed by atoms with Crippen molar-refractivity contribution < 1.29 is 18.9 Å². The second-order valence-corrected chi connectivity index (χ2v) is 11.2. The van der Waals surface area contributed by atoms with Crippen LogP contribution in [0.25, 0.3) is 0 Å². The molecule has 2 N–H and O–H groups in total. The number of hydrogen-bond donors (Lipinski definition) is 2. The molecule has 8 nitrogen and oxygen atoms in total. The summed E-state index contributed by atoms with van der Waals surface area (Å²) < 4.78 is -1.13. The summed E-state index contributed by atoms with van der Waals surface area (Å²) >= 11 is 0. The van der Waals surface area contributed by atoms with Gasteiger partial charge in [-0.15, -0.1) is 0 Å². The first-order chi connectivity index (χ1) is 18.9. The first-order valence-electron chi connectivity index (χ1n) is 14.7. The minimum absolute atomic E-state index is 0.180. The van der Waals surface area contributed by atoms with Gasteiger partial charge in [-0.3, -0.25) is 9.59 Å². The Labute approximate surface area is 232 Å². The van der Waals surface area contributed by atoms with Crippen molar-refractivity contribution in [3.63, 3.8) is 0 Å². The van der Waals surface area contributed by atoms with Crippen molar-refractivity contribution in [3.8, 4) is 0 Å². The van der Waals surface area contributed by atoms with Gasteiger partial charge in [0.05, 0.1) is 26.2 Å². The Bertz CT molecular complexity index is 970. The zero-order valence-corrected chi connectivity index (χ0v) is 23.1. The molecular weight excluding hydrogens is 492 g/mol. The molecule has 0 bridgehead atoms. The minimum atomic E-state index is -0.631. The molecule has 2 saturated heterocycles. The maximum Gasteiger partial charge on any atom is 0.278 e. The maximum atomic E-state index is 13.9. The van der Waals surface area contributed by atoms with Crippen molar-refractivity contribution in [2.75, 3.05) is 39.3 Å². The highest BCUT2D eigenvalue weighted by Crippen LogP contribution is 2.29. The van der Waals surface area contributed by atoms with Crippen LogP contribution in [0.1, 0.15) is 56.1 Å². The van der Waals surface area contributed by atoms with Crippen molar-refractivity contribution >= 4 is 11.8 Å². The molecule has 0 radical (unpaired) electrons. The molecule has 2 amide bonds. The fourth-order valence-electron chi connectivity index (χ4n) is 6.23. The predicted octanol–water partition coefficient (Wildman–Crippen LogP) is 3.83. The van der Waals surface area contributed by atoms with Gasteiger partial charge in [0.15, 0.2) is 12.1 Å². The van der Waals surface area contributed by atoms with E-state index in [1.54, 1.807) is 0 Å². The van der Waals surface area contributed by atoms with E-state index in [0.717, 1.165) is 49.7 Å². The summed E-state index contributed by atoms with van der Waals surface area (Å²) in [6.45, 7) is 2.28. The number of amides is 2. The summed E-state index contributed by atoms with van der Waals surface area (Å²) in [4.78, 5) is 26.1. The van der Waals surface area contributed by atoms with Crippen LogP contribution in [-0.2, 0) is 22.4 Å². The van der Waals surface area contributed by atoms with E-state index in [0.29, 0.717) is 45.4 Å². The standard InChI is InChI=1S/C31H44N4O4/c36-30(32-20-18-26-12-3-1-4-13-26)28-16-7-9-22-34(28,38)24-11-25-35(39)23-10-8-17-29(35)31(37)33-21-19-27-14-5-2-6-15-27/h1-6,12-15,28-29H,7-11,16-25H2,(H,32,36)(H,33,37)/t28-,29?,34+,35+/m0/s1. The second-order valence-electron chi connectivity index (χ2n) is 11.2. The molecule has 4 rings (SSSR count). The average Bonchev–Trinajstić information content (AvgIpc) is 2.94. The SMILES string of the molecule is O=C(NCCc1ccccc1)C1CCCC[N@@+]1([O-])CCC[N@+]1([O-])CCCC[C@H]1C(=O)NCCc1ccccc1. The maximum absolute atomic E-state index is 13.9. The van der Waals surface area contributed by atoms with Gasteiger partial charge in [-0.2, -0.15) is 0 Å². The predicted molar refractivity (Wildman–Crippen MR) is 153 cm³/mol. The van der Waals surface area contributed by atoms with Crippen molar-refractivity contribution in [2.24, 2.45) is 0 Å². The largest absolute Gasteiger partial charge is 0.632 e. The number of nitrogens with one attached hydrogen (secondary N) is 2. The van der Waals surface area contributed by atoms with Gasteiger partial charge in [-0.05, 0) is 49.7 Å². The van der Waals surface area contributed by atoms with Crippen LogP contribution in [0.2, 0.25) is 0 Å². The van der Waals surface area contributed by atoms with Gasteiger partial charge in [-0.1, -0.05) is 60.7 Å². The molecule has 212 valence electrons. The molecule has 0 aromatic heterocycles. The van der Waals surface area contributed by atoms with Crippen molar-refractivity contribution in [1.29, 1.82) is 0 Å². The highest BCUT2D eigenvalue weighted by Gasteiger charge is 2.40. The molecular formula is C31H44N4O4. The van der Waals surface area contributed by atoms with E-state index < -0.39 is 21.4 Å². The van der Waals surface area contributed by atoms with Crippen LogP contribution in [0.4, 0.5) is 0 Å². The lowest BCUT2D eigenvalue weighted by Gasteiger charge is -2.53.